The minimum absolute atomic E-state index is 0.0550. The summed E-state index contributed by atoms with van der Waals surface area (Å²) in [6.45, 7) is 2.35. The average Bonchev–Trinajstić information content (AvgIpc) is 2.73. The standard InChI is InChI=1S/C20H21FN2O5S/c1-15(24)22-10-12-23(13-11-22)29(26,27)18-8-6-16(7-9-18)20(25)28-14-17-4-2-3-5-19(17)21/h2-9H,10-14H2,1H3. The molecule has 0 atom stereocenters. The first-order valence-corrected chi connectivity index (χ1v) is 10.5. The summed E-state index contributed by atoms with van der Waals surface area (Å²) in [5.41, 5.74) is 0.423. The van der Waals surface area contributed by atoms with E-state index in [0.717, 1.165) is 0 Å². The number of nitrogens with zero attached hydrogens (tertiary/aromatic N) is 2. The molecule has 0 saturated carbocycles. The first-order chi connectivity index (χ1) is 13.8. The van der Waals surface area contributed by atoms with E-state index in [1.165, 1.54) is 47.6 Å². The van der Waals surface area contributed by atoms with Gasteiger partial charge in [0.1, 0.15) is 12.4 Å². The fraction of sp³-hybridized carbons (Fsp3) is 0.300. The molecule has 154 valence electrons. The van der Waals surface area contributed by atoms with Crippen LogP contribution in [0.15, 0.2) is 53.4 Å². The minimum atomic E-state index is -3.72. The Bertz CT molecular complexity index is 1000. The van der Waals surface area contributed by atoms with E-state index in [-0.39, 0.29) is 41.6 Å². The molecule has 0 aromatic heterocycles. The second-order valence-corrected chi connectivity index (χ2v) is 8.54. The lowest BCUT2D eigenvalue weighted by atomic mass is 10.2. The van der Waals surface area contributed by atoms with Gasteiger partial charge in [0.15, 0.2) is 0 Å². The second kappa shape index (κ2) is 8.71. The quantitative estimate of drug-likeness (QED) is 0.691. The van der Waals surface area contributed by atoms with Crippen LogP contribution in [0.3, 0.4) is 0 Å². The summed E-state index contributed by atoms with van der Waals surface area (Å²) in [4.78, 5) is 25.2. The summed E-state index contributed by atoms with van der Waals surface area (Å²) in [6, 6.07) is 11.4. The van der Waals surface area contributed by atoms with E-state index in [9.17, 15) is 22.4 Å². The number of amides is 1. The molecule has 1 fully saturated rings. The van der Waals surface area contributed by atoms with Gasteiger partial charge in [0.2, 0.25) is 15.9 Å². The van der Waals surface area contributed by atoms with Crippen LogP contribution in [0, 0.1) is 5.82 Å². The third-order valence-corrected chi connectivity index (χ3v) is 6.64. The number of esters is 1. The largest absolute Gasteiger partial charge is 0.457 e. The Hall–Kier alpha value is -2.78. The number of halogens is 1. The van der Waals surface area contributed by atoms with Gasteiger partial charge in [0.25, 0.3) is 0 Å². The average molecular weight is 420 g/mol. The van der Waals surface area contributed by atoms with Crippen LogP contribution in [-0.2, 0) is 26.2 Å². The van der Waals surface area contributed by atoms with E-state index < -0.39 is 21.8 Å². The Morgan fingerprint density at radius 2 is 1.62 bits per heavy atom. The van der Waals surface area contributed by atoms with E-state index in [1.54, 1.807) is 17.0 Å². The lowest BCUT2D eigenvalue weighted by molar-refractivity contribution is -0.129. The molecule has 2 aromatic rings. The number of ether oxygens (including phenoxy) is 1. The maximum atomic E-state index is 13.6. The minimum Gasteiger partial charge on any atom is -0.457 e. The van der Waals surface area contributed by atoms with Gasteiger partial charge in [-0.3, -0.25) is 4.79 Å². The third-order valence-electron chi connectivity index (χ3n) is 4.73. The van der Waals surface area contributed by atoms with E-state index >= 15 is 0 Å². The zero-order valence-corrected chi connectivity index (χ0v) is 16.7. The smallest absolute Gasteiger partial charge is 0.338 e. The number of carbonyl (C=O) groups is 2. The van der Waals surface area contributed by atoms with Crippen LogP contribution < -0.4 is 0 Å². The van der Waals surface area contributed by atoms with Crippen LogP contribution in [0.5, 0.6) is 0 Å². The molecule has 29 heavy (non-hydrogen) atoms. The van der Waals surface area contributed by atoms with Crippen LogP contribution in [0.2, 0.25) is 0 Å². The maximum Gasteiger partial charge on any atom is 0.338 e. The molecule has 1 aliphatic rings. The molecule has 1 saturated heterocycles. The number of benzene rings is 2. The molecule has 0 unspecified atom stereocenters. The summed E-state index contributed by atoms with van der Waals surface area (Å²) < 4.78 is 45.5. The van der Waals surface area contributed by atoms with Crippen molar-refractivity contribution in [2.24, 2.45) is 0 Å². The first-order valence-electron chi connectivity index (χ1n) is 9.05. The van der Waals surface area contributed by atoms with Crippen molar-refractivity contribution in [1.82, 2.24) is 9.21 Å². The summed E-state index contributed by atoms with van der Waals surface area (Å²) >= 11 is 0. The van der Waals surface area contributed by atoms with Crippen molar-refractivity contribution in [1.29, 1.82) is 0 Å². The van der Waals surface area contributed by atoms with Crippen molar-refractivity contribution >= 4 is 21.9 Å². The molecule has 0 spiro atoms. The number of piperazine rings is 1. The molecule has 0 aliphatic carbocycles. The van der Waals surface area contributed by atoms with E-state index in [4.69, 9.17) is 4.74 Å². The van der Waals surface area contributed by atoms with Crippen LogP contribution in [0.25, 0.3) is 0 Å². The van der Waals surface area contributed by atoms with Gasteiger partial charge in [-0.25, -0.2) is 17.6 Å². The Morgan fingerprint density at radius 1 is 1.00 bits per heavy atom. The van der Waals surface area contributed by atoms with Crippen molar-refractivity contribution in [3.05, 3.63) is 65.5 Å². The van der Waals surface area contributed by atoms with Crippen molar-refractivity contribution in [2.75, 3.05) is 26.2 Å². The molecule has 7 nitrogen and oxygen atoms in total. The van der Waals surface area contributed by atoms with Crippen LogP contribution in [0.1, 0.15) is 22.8 Å². The highest BCUT2D eigenvalue weighted by Crippen LogP contribution is 2.19. The van der Waals surface area contributed by atoms with Gasteiger partial charge < -0.3 is 9.64 Å². The second-order valence-electron chi connectivity index (χ2n) is 6.60. The van der Waals surface area contributed by atoms with Crippen molar-refractivity contribution in [3.63, 3.8) is 0 Å². The van der Waals surface area contributed by atoms with Gasteiger partial charge in [-0.05, 0) is 30.3 Å². The predicted octanol–water partition coefficient (Wildman–Crippen LogP) is 2.04. The van der Waals surface area contributed by atoms with E-state index in [2.05, 4.69) is 0 Å². The molecule has 3 rings (SSSR count). The Balaban J connectivity index is 1.64. The summed E-state index contributed by atoms with van der Waals surface area (Å²) in [5.74, 6) is -1.22. The van der Waals surface area contributed by atoms with Crippen LogP contribution in [0.4, 0.5) is 4.39 Å². The Kier molecular flexibility index (Phi) is 6.29. The van der Waals surface area contributed by atoms with Gasteiger partial charge >= 0.3 is 5.97 Å². The fourth-order valence-corrected chi connectivity index (χ4v) is 4.42. The Morgan fingerprint density at radius 3 is 2.21 bits per heavy atom. The monoisotopic (exact) mass is 420 g/mol. The lowest BCUT2D eigenvalue weighted by Gasteiger charge is -2.33. The Labute approximate surface area is 168 Å². The molecule has 0 bridgehead atoms. The normalized spacial score (nSPS) is 15.2. The zero-order chi connectivity index (χ0) is 21.0. The molecule has 9 heteroatoms. The summed E-state index contributed by atoms with van der Waals surface area (Å²) in [7, 11) is -3.72. The SMILES string of the molecule is CC(=O)N1CCN(S(=O)(=O)c2ccc(C(=O)OCc3ccccc3F)cc2)CC1. The topological polar surface area (TPSA) is 84.0 Å². The van der Waals surface area contributed by atoms with Gasteiger partial charge in [-0.15, -0.1) is 0 Å². The number of sulfonamides is 1. The highest BCUT2D eigenvalue weighted by molar-refractivity contribution is 7.89. The molecule has 1 aliphatic heterocycles. The molecule has 1 heterocycles. The zero-order valence-electron chi connectivity index (χ0n) is 15.9. The van der Waals surface area contributed by atoms with Gasteiger partial charge in [-0.1, -0.05) is 18.2 Å². The molecular weight excluding hydrogens is 399 g/mol. The van der Waals surface area contributed by atoms with Gasteiger partial charge in [0, 0.05) is 38.7 Å². The molecule has 0 N–H and O–H groups in total. The van der Waals surface area contributed by atoms with Gasteiger partial charge in [-0.2, -0.15) is 4.31 Å². The van der Waals surface area contributed by atoms with Crippen molar-refractivity contribution in [3.8, 4) is 0 Å². The maximum absolute atomic E-state index is 13.6. The number of hydrogen-bond donors (Lipinski definition) is 0. The third kappa shape index (κ3) is 4.80. The molecular formula is C20H21FN2O5S. The van der Waals surface area contributed by atoms with E-state index in [1.807, 2.05) is 0 Å². The fourth-order valence-electron chi connectivity index (χ4n) is 3.00. The van der Waals surface area contributed by atoms with Crippen LogP contribution >= 0.6 is 0 Å². The highest BCUT2D eigenvalue weighted by atomic mass is 32.2. The van der Waals surface area contributed by atoms with Gasteiger partial charge in [0.05, 0.1) is 10.5 Å². The first kappa shape index (κ1) is 20.9. The number of rotatable bonds is 5. The van der Waals surface area contributed by atoms with Crippen LogP contribution in [-0.4, -0.2) is 55.7 Å². The predicted molar refractivity (Wildman–Crippen MR) is 103 cm³/mol. The van der Waals surface area contributed by atoms with E-state index in [0.29, 0.717) is 13.1 Å². The summed E-state index contributed by atoms with van der Waals surface area (Å²) in [6.07, 6.45) is 0. The summed E-state index contributed by atoms with van der Waals surface area (Å²) in [5, 5.41) is 0. The molecule has 1 amide bonds. The molecule has 0 radical (unpaired) electrons. The molecule has 2 aromatic carbocycles. The van der Waals surface area contributed by atoms with Crippen molar-refractivity contribution in [2.45, 2.75) is 18.4 Å². The number of hydrogen-bond acceptors (Lipinski definition) is 5. The van der Waals surface area contributed by atoms with Crippen molar-refractivity contribution < 1.29 is 27.1 Å². The highest BCUT2D eigenvalue weighted by Gasteiger charge is 2.29. The number of carbonyl (C=O) groups excluding carboxylic acids is 2. The lowest BCUT2D eigenvalue weighted by Crippen LogP contribution is -2.49.